The second-order valence-corrected chi connectivity index (χ2v) is 6.51. The van der Waals surface area contributed by atoms with Crippen molar-refractivity contribution in [1.29, 1.82) is 0 Å². The Morgan fingerprint density at radius 3 is 2.84 bits per heavy atom. The van der Waals surface area contributed by atoms with Gasteiger partial charge in [-0.15, -0.1) is 0 Å². The van der Waals surface area contributed by atoms with E-state index in [0.29, 0.717) is 6.42 Å². The summed E-state index contributed by atoms with van der Waals surface area (Å²) in [5, 5.41) is 4.26. The summed E-state index contributed by atoms with van der Waals surface area (Å²) in [6.45, 7) is 0. The summed E-state index contributed by atoms with van der Waals surface area (Å²) in [7, 11) is 0. The largest absolute Gasteiger partial charge is 0.306 e. The smallest absolute Gasteiger partial charge is 0.240 e. The fourth-order valence-corrected chi connectivity index (χ4v) is 3.68. The molecular weight excluding hydrogens is 312 g/mol. The van der Waals surface area contributed by atoms with Gasteiger partial charge in [0.2, 0.25) is 5.91 Å². The number of hydrogen-bond acceptors (Lipinski definition) is 3. The molecule has 0 spiro atoms. The molecule has 5 rings (SSSR count). The maximum atomic E-state index is 11.6. The van der Waals surface area contributed by atoms with Gasteiger partial charge in [-0.25, -0.2) is 10.4 Å². The van der Waals surface area contributed by atoms with Crippen molar-refractivity contribution in [3.05, 3.63) is 72.2 Å². The molecule has 0 saturated carbocycles. The summed E-state index contributed by atoms with van der Waals surface area (Å²) < 4.78 is 2.04. The SMILES string of the molecule is O=C1CC2Cc3cc(-n4cnc(-c5ccccc5)c4)ccc3C2=NN1. The number of fused-ring (bicyclic) bond motifs is 3. The molecule has 1 aromatic heterocycles. The lowest BCUT2D eigenvalue weighted by atomic mass is 9.99. The van der Waals surface area contributed by atoms with Crippen molar-refractivity contribution < 1.29 is 4.79 Å². The van der Waals surface area contributed by atoms with Crippen LogP contribution in [0, 0.1) is 5.92 Å². The van der Waals surface area contributed by atoms with E-state index in [1.807, 2.05) is 35.3 Å². The summed E-state index contributed by atoms with van der Waals surface area (Å²) in [4.78, 5) is 16.1. The van der Waals surface area contributed by atoms with Crippen LogP contribution in [0.2, 0.25) is 0 Å². The van der Waals surface area contributed by atoms with Crippen molar-refractivity contribution >= 4 is 11.6 Å². The summed E-state index contributed by atoms with van der Waals surface area (Å²) >= 11 is 0. The Hall–Kier alpha value is -3.21. The quantitative estimate of drug-likeness (QED) is 0.786. The predicted octanol–water partition coefficient (Wildman–Crippen LogP) is 2.94. The number of aromatic nitrogens is 2. The maximum absolute atomic E-state index is 11.6. The second kappa shape index (κ2) is 5.41. The van der Waals surface area contributed by atoms with E-state index >= 15 is 0 Å². The van der Waals surface area contributed by atoms with Crippen LogP contribution in [0.3, 0.4) is 0 Å². The highest BCUT2D eigenvalue weighted by Crippen LogP contribution is 2.32. The predicted molar refractivity (Wildman–Crippen MR) is 95.5 cm³/mol. The average Bonchev–Trinajstić information content (AvgIpc) is 3.26. The third-order valence-corrected chi connectivity index (χ3v) is 4.90. The fourth-order valence-electron chi connectivity index (χ4n) is 3.68. The van der Waals surface area contributed by atoms with Gasteiger partial charge >= 0.3 is 0 Å². The van der Waals surface area contributed by atoms with Crippen molar-refractivity contribution in [3.63, 3.8) is 0 Å². The van der Waals surface area contributed by atoms with Crippen molar-refractivity contribution in [3.8, 4) is 16.9 Å². The lowest BCUT2D eigenvalue weighted by molar-refractivity contribution is -0.121. The number of amides is 1. The van der Waals surface area contributed by atoms with Crippen molar-refractivity contribution in [2.45, 2.75) is 12.8 Å². The Labute approximate surface area is 145 Å². The van der Waals surface area contributed by atoms with Crippen molar-refractivity contribution in [1.82, 2.24) is 15.0 Å². The lowest BCUT2D eigenvalue weighted by Crippen LogP contribution is -2.31. The zero-order chi connectivity index (χ0) is 16.8. The number of carbonyl (C=O) groups excluding carboxylic acids is 1. The normalized spacial score (nSPS) is 18.3. The zero-order valence-electron chi connectivity index (χ0n) is 13.5. The van der Waals surface area contributed by atoms with Gasteiger partial charge in [-0.05, 0) is 24.1 Å². The Kier molecular flexibility index (Phi) is 3.06. The van der Waals surface area contributed by atoms with Gasteiger partial charge in [0.25, 0.3) is 0 Å². The summed E-state index contributed by atoms with van der Waals surface area (Å²) in [6.07, 6.45) is 5.28. The molecule has 0 radical (unpaired) electrons. The summed E-state index contributed by atoms with van der Waals surface area (Å²) in [6, 6.07) is 16.5. The zero-order valence-corrected chi connectivity index (χ0v) is 13.5. The molecule has 1 aliphatic carbocycles. The third-order valence-electron chi connectivity index (χ3n) is 4.90. The van der Waals surface area contributed by atoms with Gasteiger partial charge in [-0.2, -0.15) is 5.10 Å². The lowest BCUT2D eigenvalue weighted by Gasteiger charge is -2.15. The Bertz CT molecular complexity index is 1000. The van der Waals surface area contributed by atoms with Gasteiger partial charge in [0.05, 0.1) is 17.7 Å². The molecule has 3 aromatic rings. The van der Waals surface area contributed by atoms with Crippen LogP contribution < -0.4 is 5.43 Å². The van der Waals surface area contributed by atoms with Crippen LogP contribution >= 0.6 is 0 Å². The van der Waals surface area contributed by atoms with E-state index in [0.717, 1.165) is 34.6 Å². The van der Waals surface area contributed by atoms with Crippen LogP contribution in [0.4, 0.5) is 0 Å². The van der Waals surface area contributed by atoms with E-state index in [1.54, 1.807) is 0 Å². The molecule has 1 amide bonds. The molecule has 5 nitrogen and oxygen atoms in total. The molecular formula is C20H16N4O. The van der Waals surface area contributed by atoms with E-state index < -0.39 is 0 Å². The minimum Gasteiger partial charge on any atom is -0.306 e. The number of carbonyl (C=O) groups is 1. The Morgan fingerprint density at radius 2 is 1.96 bits per heavy atom. The maximum Gasteiger partial charge on any atom is 0.240 e. The van der Waals surface area contributed by atoms with Crippen LogP contribution in [-0.4, -0.2) is 21.2 Å². The first kappa shape index (κ1) is 14.2. The number of imidazole rings is 1. The van der Waals surface area contributed by atoms with Gasteiger partial charge in [0.1, 0.15) is 0 Å². The van der Waals surface area contributed by atoms with Gasteiger partial charge in [0.15, 0.2) is 0 Å². The number of nitrogens with zero attached hydrogens (tertiary/aromatic N) is 3. The minimum atomic E-state index is 0.00360. The Balaban J connectivity index is 1.49. The van der Waals surface area contributed by atoms with Crippen LogP contribution in [0.5, 0.6) is 0 Å². The molecule has 5 heteroatoms. The van der Waals surface area contributed by atoms with E-state index in [9.17, 15) is 4.79 Å². The molecule has 2 aromatic carbocycles. The first-order valence-corrected chi connectivity index (χ1v) is 8.37. The highest BCUT2D eigenvalue weighted by molar-refractivity contribution is 6.09. The number of benzene rings is 2. The molecule has 2 aliphatic rings. The first-order chi connectivity index (χ1) is 12.3. The summed E-state index contributed by atoms with van der Waals surface area (Å²) in [5.74, 6) is 0.213. The number of hydrazone groups is 1. The first-order valence-electron chi connectivity index (χ1n) is 8.37. The van der Waals surface area contributed by atoms with Crippen molar-refractivity contribution in [2.75, 3.05) is 0 Å². The fraction of sp³-hybridized carbons (Fsp3) is 0.150. The molecule has 1 N–H and O–H groups in total. The number of rotatable bonds is 2. The van der Waals surface area contributed by atoms with Gasteiger partial charge in [0, 0.05) is 35.3 Å². The molecule has 0 fully saturated rings. The van der Waals surface area contributed by atoms with Gasteiger partial charge in [-0.1, -0.05) is 36.4 Å². The van der Waals surface area contributed by atoms with Crippen LogP contribution in [0.1, 0.15) is 17.5 Å². The van der Waals surface area contributed by atoms with Gasteiger partial charge < -0.3 is 4.57 Å². The van der Waals surface area contributed by atoms with Crippen LogP contribution in [0.25, 0.3) is 16.9 Å². The molecule has 0 saturated heterocycles. The molecule has 1 atom stereocenters. The van der Waals surface area contributed by atoms with E-state index in [1.165, 1.54) is 5.56 Å². The number of hydrogen-bond donors (Lipinski definition) is 1. The molecule has 1 aliphatic heterocycles. The molecule has 122 valence electrons. The summed E-state index contributed by atoms with van der Waals surface area (Å²) in [5.41, 5.74) is 9.13. The molecule has 1 unspecified atom stereocenters. The molecule has 2 heterocycles. The third kappa shape index (κ3) is 2.36. The average molecular weight is 328 g/mol. The monoisotopic (exact) mass is 328 g/mol. The van der Waals surface area contributed by atoms with E-state index in [2.05, 4.69) is 45.8 Å². The highest BCUT2D eigenvalue weighted by atomic mass is 16.2. The Morgan fingerprint density at radius 1 is 1.08 bits per heavy atom. The van der Waals surface area contributed by atoms with E-state index in [4.69, 9.17) is 0 Å². The highest BCUT2D eigenvalue weighted by Gasteiger charge is 2.33. The minimum absolute atomic E-state index is 0.00360. The van der Waals surface area contributed by atoms with Crippen LogP contribution in [0.15, 0.2) is 66.2 Å². The van der Waals surface area contributed by atoms with Crippen molar-refractivity contribution in [2.24, 2.45) is 11.0 Å². The topological polar surface area (TPSA) is 59.3 Å². The standard InChI is InChI=1S/C20H16N4O/c25-19-10-15-8-14-9-16(6-7-17(14)20(15)23-22-19)24-11-18(21-12-24)13-4-2-1-3-5-13/h1-7,9,11-12,15H,8,10H2,(H,22,25). The van der Waals surface area contributed by atoms with Crippen LogP contribution in [-0.2, 0) is 11.2 Å². The van der Waals surface area contributed by atoms with E-state index in [-0.39, 0.29) is 11.8 Å². The molecule has 0 bridgehead atoms. The second-order valence-electron chi connectivity index (χ2n) is 6.51. The molecule has 25 heavy (non-hydrogen) atoms. The number of nitrogens with one attached hydrogen (secondary N) is 1. The van der Waals surface area contributed by atoms with Gasteiger partial charge in [-0.3, -0.25) is 4.79 Å².